The summed E-state index contributed by atoms with van der Waals surface area (Å²) in [7, 11) is 0. The van der Waals surface area contributed by atoms with E-state index >= 15 is 0 Å². The molecular weight excluding hydrogens is 332 g/mol. The molecule has 4 rings (SSSR count). The first-order chi connectivity index (χ1) is 12.2. The molecule has 1 aliphatic rings. The third kappa shape index (κ3) is 2.57. The molecule has 0 spiro atoms. The number of carbonyl (C=O) groups excluding carboxylic acids is 1. The fraction of sp³-hybridized carbons (Fsp3) is 0.0476. The van der Waals surface area contributed by atoms with Crippen LogP contribution in [0.25, 0.3) is 16.8 Å². The van der Waals surface area contributed by atoms with Crippen molar-refractivity contribution < 1.29 is 4.79 Å². The van der Waals surface area contributed by atoms with Gasteiger partial charge in [0.2, 0.25) is 0 Å². The van der Waals surface area contributed by atoms with Gasteiger partial charge in [0.05, 0.1) is 11.8 Å². The van der Waals surface area contributed by atoms with E-state index in [1.807, 2.05) is 42.5 Å². The largest absolute Gasteiger partial charge is 0.288 e. The van der Waals surface area contributed by atoms with Gasteiger partial charge >= 0.3 is 0 Å². The molecule has 0 radical (unpaired) electrons. The van der Waals surface area contributed by atoms with Crippen LogP contribution in [0, 0.1) is 11.3 Å². The van der Waals surface area contributed by atoms with Crippen molar-refractivity contribution in [1.82, 2.24) is 0 Å². The minimum Gasteiger partial charge on any atom is -0.288 e. The molecule has 3 aromatic rings. The van der Waals surface area contributed by atoms with E-state index in [4.69, 9.17) is 11.6 Å². The van der Waals surface area contributed by atoms with E-state index in [2.05, 4.69) is 6.07 Å². The van der Waals surface area contributed by atoms with E-state index < -0.39 is 6.04 Å². The lowest BCUT2D eigenvalue weighted by molar-refractivity contribution is 0.0985. The average molecular weight is 345 g/mol. The Bertz CT molecular complexity index is 1050. The lowest BCUT2D eigenvalue weighted by Crippen LogP contribution is -2.40. The van der Waals surface area contributed by atoms with E-state index in [0.717, 1.165) is 22.0 Å². The molecule has 0 aliphatic carbocycles. The molecule has 0 N–H and O–H groups in total. The number of fused-ring (bicyclic) bond motifs is 3. The third-order valence-corrected chi connectivity index (χ3v) is 4.62. The molecule has 1 heterocycles. The van der Waals surface area contributed by atoms with E-state index in [1.165, 1.54) is 0 Å². The molecule has 1 amide bonds. The first-order valence-electron chi connectivity index (χ1n) is 7.88. The van der Waals surface area contributed by atoms with Gasteiger partial charge in [0.25, 0.3) is 5.91 Å². The molecule has 0 saturated carbocycles. The molecule has 25 heavy (non-hydrogen) atoms. The number of rotatable bonds is 1. The highest BCUT2D eigenvalue weighted by Gasteiger charge is 2.29. The Balaban J connectivity index is 1.88. The lowest BCUT2D eigenvalue weighted by atomic mass is 9.96. The highest BCUT2D eigenvalue weighted by Crippen LogP contribution is 2.35. The third-order valence-electron chi connectivity index (χ3n) is 4.37. The van der Waals surface area contributed by atoms with Gasteiger partial charge in [-0.25, -0.2) is 0 Å². The molecule has 0 bridgehead atoms. The van der Waals surface area contributed by atoms with Gasteiger partial charge in [-0.3, -0.25) is 9.69 Å². The maximum Gasteiger partial charge on any atom is 0.259 e. The Labute approximate surface area is 150 Å². The van der Waals surface area contributed by atoms with Crippen LogP contribution in [0.5, 0.6) is 0 Å². The second kappa shape index (κ2) is 6.08. The van der Waals surface area contributed by atoms with E-state index in [-0.39, 0.29) is 5.91 Å². The summed E-state index contributed by atoms with van der Waals surface area (Å²) >= 11 is 5.92. The number of nitriles is 1. The molecule has 0 aromatic heterocycles. The van der Waals surface area contributed by atoms with Crippen LogP contribution in [-0.2, 0) is 0 Å². The maximum absolute atomic E-state index is 13.1. The summed E-state index contributed by atoms with van der Waals surface area (Å²) in [4.78, 5) is 14.6. The highest BCUT2D eigenvalue weighted by atomic mass is 35.5. The summed E-state index contributed by atoms with van der Waals surface area (Å²) in [6.45, 7) is 0. The van der Waals surface area contributed by atoms with Crippen molar-refractivity contribution in [2.75, 3.05) is 4.90 Å². The molecule has 1 atom stereocenters. The number of hydrogen-bond donors (Lipinski definition) is 0. The van der Waals surface area contributed by atoms with Crippen molar-refractivity contribution in [3.05, 3.63) is 82.9 Å². The van der Waals surface area contributed by atoms with Crippen molar-refractivity contribution in [3.63, 3.8) is 0 Å². The zero-order chi connectivity index (χ0) is 17.4. The Hall–Kier alpha value is -3.09. The summed E-state index contributed by atoms with van der Waals surface area (Å²) in [6.07, 6.45) is 3.69. The van der Waals surface area contributed by atoms with Crippen LogP contribution in [0.4, 0.5) is 5.69 Å². The van der Waals surface area contributed by atoms with Crippen molar-refractivity contribution in [3.8, 4) is 6.07 Å². The number of carbonyl (C=O) groups is 1. The first-order valence-corrected chi connectivity index (χ1v) is 8.25. The number of nitrogens with zero attached hydrogens (tertiary/aromatic N) is 2. The van der Waals surface area contributed by atoms with Crippen LogP contribution in [0.2, 0.25) is 5.02 Å². The van der Waals surface area contributed by atoms with Gasteiger partial charge in [-0.2, -0.15) is 5.26 Å². The summed E-state index contributed by atoms with van der Waals surface area (Å²) < 4.78 is 0. The number of halogens is 1. The smallest absolute Gasteiger partial charge is 0.259 e. The highest BCUT2D eigenvalue weighted by molar-refractivity contribution is 6.30. The average Bonchev–Trinajstić information content (AvgIpc) is 2.66. The van der Waals surface area contributed by atoms with Crippen molar-refractivity contribution in [1.29, 1.82) is 5.26 Å². The first kappa shape index (κ1) is 15.4. The maximum atomic E-state index is 13.1. The van der Waals surface area contributed by atoms with Gasteiger partial charge in [0, 0.05) is 16.1 Å². The van der Waals surface area contributed by atoms with Crippen molar-refractivity contribution in [2.24, 2.45) is 0 Å². The molecule has 3 aromatic carbocycles. The van der Waals surface area contributed by atoms with Gasteiger partial charge in [0.1, 0.15) is 6.04 Å². The molecule has 3 nitrogen and oxygen atoms in total. The monoisotopic (exact) mass is 344 g/mol. The Morgan fingerprint density at radius 2 is 1.80 bits per heavy atom. The zero-order valence-electron chi connectivity index (χ0n) is 13.2. The van der Waals surface area contributed by atoms with E-state index in [1.54, 1.807) is 35.2 Å². The van der Waals surface area contributed by atoms with Crippen LogP contribution in [0.15, 0.2) is 66.7 Å². The van der Waals surface area contributed by atoms with Gasteiger partial charge in [0.15, 0.2) is 0 Å². The van der Waals surface area contributed by atoms with Crippen LogP contribution >= 0.6 is 11.6 Å². The fourth-order valence-electron chi connectivity index (χ4n) is 3.16. The topological polar surface area (TPSA) is 44.1 Å². The van der Waals surface area contributed by atoms with Crippen LogP contribution in [0.1, 0.15) is 15.9 Å². The molecule has 1 aliphatic heterocycles. The van der Waals surface area contributed by atoms with Gasteiger partial charge in [-0.05, 0) is 47.2 Å². The number of amides is 1. The number of benzene rings is 3. The predicted molar refractivity (Wildman–Crippen MR) is 101 cm³/mol. The minimum atomic E-state index is -0.642. The van der Waals surface area contributed by atoms with Crippen LogP contribution < -0.4 is 4.90 Å². The van der Waals surface area contributed by atoms with Crippen LogP contribution in [0.3, 0.4) is 0 Å². The minimum absolute atomic E-state index is 0.218. The summed E-state index contributed by atoms with van der Waals surface area (Å²) in [5.74, 6) is -0.218. The fourth-order valence-corrected chi connectivity index (χ4v) is 3.29. The van der Waals surface area contributed by atoms with Crippen molar-refractivity contribution in [2.45, 2.75) is 6.04 Å². The second-order valence-electron chi connectivity index (χ2n) is 5.83. The number of hydrogen-bond acceptors (Lipinski definition) is 2. The molecule has 0 fully saturated rings. The SMILES string of the molecule is N#CC1C=Cc2c(ccc3ccccc23)N1C(=O)c1ccc(Cl)cc1. The van der Waals surface area contributed by atoms with Gasteiger partial charge < -0.3 is 0 Å². The van der Waals surface area contributed by atoms with Gasteiger partial charge in [-0.1, -0.05) is 48.0 Å². The Morgan fingerprint density at radius 1 is 1.04 bits per heavy atom. The molecule has 1 unspecified atom stereocenters. The van der Waals surface area contributed by atoms with E-state index in [0.29, 0.717) is 10.6 Å². The standard InChI is InChI=1S/C21H13ClN2O/c22-16-8-5-15(6-9-16)21(25)24-17(13-23)10-11-19-18-4-2-1-3-14(18)7-12-20(19)24/h1-12,17H. The normalized spacial score (nSPS) is 15.7. The summed E-state index contributed by atoms with van der Waals surface area (Å²) in [6, 6.07) is 20.2. The van der Waals surface area contributed by atoms with Crippen molar-refractivity contribution >= 4 is 40.0 Å². The lowest BCUT2D eigenvalue weighted by Gasteiger charge is -2.31. The summed E-state index contributed by atoms with van der Waals surface area (Å²) in [5.41, 5.74) is 2.19. The summed E-state index contributed by atoms with van der Waals surface area (Å²) in [5, 5.41) is 12.2. The molecule has 120 valence electrons. The van der Waals surface area contributed by atoms with E-state index in [9.17, 15) is 10.1 Å². The molecule has 4 heteroatoms. The zero-order valence-corrected chi connectivity index (χ0v) is 13.9. The van der Waals surface area contributed by atoms with Crippen LogP contribution in [-0.4, -0.2) is 11.9 Å². The second-order valence-corrected chi connectivity index (χ2v) is 6.27. The Kier molecular flexibility index (Phi) is 3.76. The molecular formula is C21H13ClN2O. The predicted octanol–water partition coefficient (Wildman–Crippen LogP) is 5.06. The van der Waals surface area contributed by atoms with Gasteiger partial charge in [-0.15, -0.1) is 0 Å². The molecule has 0 saturated heterocycles. The number of anilines is 1. The quantitative estimate of drug-likeness (QED) is 0.619. The Morgan fingerprint density at radius 3 is 2.56 bits per heavy atom.